The molecule has 0 bridgehead atoms. The van der Waals surface area contributed by atoms with Gasteiger partial charge in [-0.1, -0.05) is 0 Å². The lowest BCUT2D eigenvalue weighted by molar-refractivity contribution is -0.142. The maximum atomic E-state index is 12.7. The van der Waals surface area contributed by atoms with E-state index in [0.717, 1.165) is 0 Å². The van der Waals surface area contributed by atoms with Crippen LogP contribution in [0.2, 0.25) is 0 Å². The fourth-order valence-corrected chi connectivity index (χ4v) is 2.84. The number of hydrogen-bond acceptors (Lipinski definition) is 9. The molecule has 0 aromatic carbocycles. The zero-order valence-corrected chi connectivity index (χ0v) is 19.7. The van der Waals surface area contributed by atoms with Crippen LogP contribution in [-0.4, -0.2) is 82.9 Å². The van der Waals surface area contributed by atoms with Gasteiger partial charge in [0.15, 0.2) is 5.96 Å². The highest BCUT2D eigenvalue weighted by atomic mass is 32.1. The molecule has 0 unspecified atom stereocenters. The van der Waals surface area contributed by atoms with Crippen molar-refractivity contribution in [2.75, 3.05) is 18.1 Å². The number of rotatable bonds is 16. The number of aliphatic imine (C=N–C) groups is 1. The van der Waals surface area contributed by atoms with Gasteiger partial charge in [0.2, 0.25) is 23.6 Å². The lowest BCUT2D eigenvalue weighted by atomic mass is 10.1. The fourth-order valence-electron chi connectivity index (χ4n) is 2.42. The molecule has 0 heterocycles. The molecule has 0 spiro atoms. The van der Waals surface area contributed by atoms with Gasteiger partial charge in [0.25, 0.3) is 0 Å². The van der Waals surface area contributed by atoms with E-state index < -0.39 is 53.8 Å². The van der Waals surface area contributed by atoms with Crippen LogP contribution in [0.25, 0.3) is 0 Å². The summed E-state index contributed by atoms with van der Waals surface area (Å²) in [4.78, 5) is 63.5. The van der Waals surface area contributed by atoms with Gasteiger partial charge in [-0.2, -0.15) is 25.3 Å². The molecule has 16 heteroatoms. The van der Waals surface area contributed by atoms with Crippen LogP contribution in [0.5, 0.6) is 0 Å². The molecule has 0 aromatic rings. The molecule has 4 atom stereocenters. The van der Waals surface area contributed by atoms with Crippen LogP contribution in [0, 0.1) is 0 Å². The van der Waals surface area contributed by atoms with Crippen LogP contribution in [0.4, 0.5) is 0 Å². The SMILES string of the molecule is NC(=O)CC[C@H](NC(=O)[C@@H](N)CS)C(=O)N[C@@H](CS)C(=O)N[C@@H](CCCN=C(N)N)C(=O)O. The number of aliphatic carboxylic acids is 1. The zero-order chi connectivity index (χ0) is 25.6. The lowest BCUT2D eigenvalue weighted by Crippen LogP contribution is -2.57. The molecule has 188 valence electrons. The molecule has 12 N–H and O–H groups in total. The van der Waals surface area contributed by atoms with Crippen molar-refractivity contribution in [3.63, 3.8) is 0 Å². The first-order valence-corrected chi connectivity index (χ1v) is 11.1. The number of carbonyl (C=O) groups is 5. The second-order valence-electron chi connectivity index (χ2n) is 6.95. The van der Waals surface area contributed by atoms with E-state index in [2.05, 4.69) is 46.2 Å². The number of nitrogens with two attached hydrogens (primary N) is 4. The van der Waals surface area contributed by atoms with Crippen molar-refractivity contribution in [1.82, 2.24) is 16.0 Å². The largest absolute Gasteiger partial charge is 0.480 e. The van der Waals surface area contributed by atoms with E-state index in [0.29, 0.717) is 0 Å². The molecule has 14 nitrogen and oxygen atoms in total. The number of thiol groups is 2. The summed E-state index contributed by atoms with van der Waals surface area (Å²) in [6, 6.07) is -4.71. The number of carboxylic acids is 1. The fraction of sp³-hybridized carbons (Fsp3) is 0.647. The van der Waals surface area contributed by atoms with Crippen LogP contribution < -0.4 is 38.9 Å². The highest BCUT2D eigenvalue weighted by Crippen LogP contribution is 2.03. The van der Waals surface area contributed by atoms with Gasteiger partial charge in [0, 0.05) is 24.5 Å². The minimum Gasteiger partial charge on any atom is -0.480 e. The molecular weight excluding hydrogens is 476 g/mol. The number of nitrogens with zero attached hydrogens (tertiary/aromatic N) is 1. The van der Waals surface area contributed by atoms with Gasteiger partial charge in [-0.15, -0.1) is 0 Å². The normalized spacial score (nSPS) is 14.2. The minimum atomic E-state index is -1.29. The highest BCUT2D eigenvalue weighted by molar-refractivity contribution is 7.80. The van der Waals surface area contributed by atoms with E-state index >= 15 is 0 Å². The molecule has 0 saturated carbocycles. The summed E-state index contributed by atoms with van der Waals surface area (Å²) in [5.41, 5.74) is 21.1. The molecule has 33 heavy (non-hydrogen) atoms. The summed E-state index contributed by atoms with van der Waals surface area (Å²) in [6.45, 7) is 0.171. The van der Waals surface area contributed by atoms with Gasteiger partial charge in [0.05, 0.1) is 6.04 Å². The monoisotopic (exact) mass is 508 g/mol. The Bertz CT molecular complexity index is 734. The lowest BCUT2D eigenvalue weighted by Gasteiger charge is -2.24. The van der Waals surface area contributed by atoms with E-state index in [-0.39, 0.29) is 49.7 Å². The Labute approximate surface area is 201 Å². The van der Waals surface area contributed by atoms with Crippen LogP contribution in [0.1, 0.15) is 25.7 Å². The predicted molar refractivity (Wildman–Crippen MR) is 127 cm³/mol. The first-order valence-electron chi connectivity index (χ1n) is 9.87. The zero-order valence-electron chi connectivity index (χ0n) is 17.9. The van der Waals surface area contributed by atoms with Gasteiger partial charge < -0.3 is 44.0 Å². The summed E-state index contributed by atoms with van der Waals surface area (Å²) in [5.74, 6) is -4.59. The Morgan fingerprint density at radius 3 is 1.85 bits per heavy atom. The number of nitrogens with one attached hydrogen (secondary N) is 3. The standard InChI is InChI=1S/C17H32N8O6S2/c18-8(6-32)13(27)23-9(3-4-12(19)26)14(28)25-11(7-33)15(29)24-10(16(30)31)2-1-5-22-17(20)21/h8-11,32-33H,1-7,18H2,(H2,19,26)(H,23,27)(H,24,29)(H,25,28)(H,30,31)(H4,20,21,22)/t8-,9-,10-,11-/m0/s1. The Morgan fingerprint density at radius 1 is 0.818 bits per heavy atom. The average molecular weight is 509 g/mol. The Hall–Kier alpha value is -2.72. The van der Waals surface area contributed by atoms with Crippen molar-refractivity contribution >= 4 is 60.8 Å². The van der Waals surface area contributed by atoms with E-state index in [1.54, 1.807) is 0 Å². The number of amides is 4. The third kappa shape index (κ3) is 12.8. The molecule has 0 rings (SSSR count). The average Bonchev–Trinajstić information content (AvgIpc) is 2.75. The van der Waals surface area contributed by atoms with Crippen LogP contribution in [0.3, 0.4) is 0 Å². The summed E-state index contributed by atoms with van der Waals surface area (Å²) >= 11 is 7.93. The van der Waals surface area contributed by atoms with Crippen LogP contribution >= 0.6 is 25.3 Å². The number of hydrogen-bond donors (Lipinski definition) is 10. The number of carbonyl (C=O) groups excluding carboxylic acids is 4. The molecule has 4 amide bonds. The summed E-state index contributed by atoms with van der Waals surface area (Å²) in [5, 5.41) is 16.4. The third-order valence-corrected chi connectivity index (χ3v) is 4.98. The Kier molecular flexibility index (Phi) is 14.7. The van der Waals surface area contributed by atoms with Crippen molar-refractivity contribution in [3.8, 4) is 0 Å². The molecule has 0 radical (unpaired) electrons. The first kappa shape index (κ1) is 30.3. The van der Waals surface area contributed by atoms with Crippen molar-refractivity contribution in [2.45, 2.75) is 49.9 Å². The maximum Gasteiger partial charge on any atom is 0.326 e. The minimum absolute atomic E-state index is 0.0113. The number of primary amides is 1. The molecule has 0 aliphatic rings. The molecule has 0 saturated heterocycles. The van der Waals surface area contributed by atoms with E-state index in [1.165, 1.54) is 0 Å². The Morgan fingerprint density at radius 2 is 1.36 bits per heavy atom. The maximum absolute atomic E-state index is 12.7. The van der Waals surface area contributed by atoms with Crippen molar-refractivity contribution in [2.24, 2.45) is 27.9 Å². The molecule has 0 aliphatic heterocycles. The molecule has 0 aromatic heterocycles. The van der Waals surface area contributed by atoms with Gasteiger partial charge in [-0.05, 0) is 19.3 Å². The Balaban J connectivity index is 5.18. The van der Waals surface area contributed by atoms with Crippen molar-refractivity contribution in [1.29, 1.82) is 0 Å². The third-order valence-electron chi connectivity index (χ3n) is 4.22. The quantitative estimate of drug-likeness (QED) is 0.0421. The number of guanidine groups is 1. The van der Waals surface area contributed by atoms with Crippen LogP contribution in [0.15, 0.2) is 4.99 Å². The number of carboxylic acid groups (broad SMARTS) is 1. The topological polar surface area (TPSA) is 258 Å². The van der Waals surface area contributed by atoms with E-state index in [9.17, 15) is 29.1 Å². The summed E-state index contributed by atoms with van der Waals surface area (Å²) < 4.78 is 0. The summed E-state index contributed by atoms with van der Waals surface area (Å²) in [6.07, 6.45) is -0.0532. The highest BCUT2D eigenvalue weighted by Gasteiger charge is 2.29. The van der Waals surface area contributed by atoms with Gasteiger partial charge in [-0.3, -0.25) is 24.2 Å². The molecule has 0 aliphatic carbocycles. The molecular formula is C17H32N8O6S2. The van der Waals surface area contributed by atoms with Crippen molar-refractivity contribution in [3.05, 3.63) is 0 Å². The summed E-state index contributed by atoms with van der Waals surface area (Å²) in [7, 11) is 0. The smallest absolute Gasteiger partial charge is 0.326 e. The predicted octanol–water partition coefficient (Wildman–Crippen LogP) is -3.97. The van der Waals surface area contributed by atoms with E-state index in [4.69, 9.17) is 22.9 Å². The van der Waals surface area contributed by atoms with Gasteiger partial charge in [-0.25, -0.2) is 4.79 Å². The second-order valence-corrected chi connectivity index (χ2v) is 7.68. The second kappa shape index (κ2) is 16.0. The van der Waals surface area contributed by atoms with E-state index in [1.807, 2.05) is 0 Å². The van der Waals surface area contributed by atoms with Gasteiger partial charge >= 0.3 is 5.97 Å². The van der Waals surface area contributed by atoms with Crippen molar-refractivity contribution < 1.29 is 29.1 Å². The first-order chi connectivity index (χ1) is 15.4. The molecule has 0 fully saturated rings. The van der Waals surface area contributed by atoms with Gasteiger partial charge in [0.1, 0.15) is 18.1 Å². The van der Waals surface area contributed by atoms with Crippen LogP contribution in [-0.2, 0) is 24.0 Å².